The first-order valence-electron chi connectivity index (χ1n) is 8.45. The molecular weight excluding hydrogens is 330 g/mol. The summed E-state index contributed by atoms with van der Waals surface area (Å²) >= 11 is 1.79. The first-order valence-corrected chi connectivity index (χ1v) is 9.27. The summed E-state index contributed by atoms with van der Waals surface area (Å²) in [7, 11) is 0. The fraction of sp³-hybridized carbons (Fsp3) is 0.300. The highest BCUT2D eigenvalue weighted by Crippen LogP contribution is 2.20. The molecule has 1 N–H and O–H groups in total. The average Bonchev–Trinajstić information content (AvgIpc) is 2.96. The van der Waals surface area contributed by atoms with Gasteiger partial charge >= 0.3 is 0 Å². The van der Waals surface area contributed by atoms with Gasteiger partial charge in [-0.3, -0.25) is 4.98 Å². The monoisotopic (exact) mass is 353 g/mol. The van der Waals surface area contributed by atoms with E-state index in [0.717, 1.165) is 41.5 Å². The Morgan fingerprint density at radius 3 is 2.76 bits per heavy atom. The van der Waals surface area contributed by atoms with Gasteiger partial charge in [0.05, 0.1) is 10.7 Å². The summed E-state index contributed by atoms with van der Waals surface area (Å²) in [4.78, 5) is 9.97. The number of hydrogen-bond acceptors (Lipinski definition) is 5. The van der Waals surface area contributed by atoms with Gasteiger partial charge < -0.3 is 10.1 Å². The molecule has 0 bridgehead atoms. The number of ether oxygens (including phenoxy) is 1. The molecule has 2 heterocycles. The van der Waals surface area contributed by atoms with E-state index in [1.165, 1.54) is 10.4 Å². The molecule has 3 aromatic rings. The summed E-state index contributed by atoms with van der Waals surface area (Å²) in [6.45, 7) is 6.40. The van der Waals surface area contributed by atoms with Gasteiger partial charge in [-0.15, -0.1) is 11.3 Å². The van der Waals surface area contributed by atoms with Crippen molar-refractivity contribution in [3.8, 4) is 5.75 Å². The molecule has 0 fully saturated rings. The fourth-order valence-electron chi connectivity index (χ4n) is 2.67. The summed E-state index contributed by atoms with van der Waals surface area (Å²) in [5.41, 5.74) is 3.40. The molecule has 0 radical (unpaired) electrons. The lowest BCUT2D eigenvalue weighted by Gasteiger charge is -2.12. The third-order valence-corrected chi connectivity index (χ3v) is 5.07. The molecule has 0 spiro atoms. The average molecular weight is 353 g/mol. The minimum absolute atomic E-state index is 0.532. The summed E-state index contributed by atoms with van der Waals surface area (Å²) < 4.78 is 5.97. The molecule has 0 saturated heterocycles. The Morgan fingerprint density at radius 1 is 1.12 bits per heavy atom. The van der Waals surface area contributed by atoms with Crippen molar-refractivity contribution in [3.05, 3.63) is 75.5 Å². The maximum atomic E-state index is 5.97. The predicted octanol–water partition coefficient (Wildman–Crippen LogP) is 4.07. The van der Waals surface area contributed by atoms with Crippen LogP contribution in [-0.2, 0) is 19.6 Å². The van der Waals surface area contributed by atoms with Crippen molar-refractivity contribution in [1.29, 1.82) is 0 Å². The molecule has 130 valence electrons. The minimum atomic E-state index is 0.532. The van der Waals surface area contributed by atoms with Crippen LogP contribution in [0, 0.1) is 13.8 Å². The lowest BCUT2D eigenvalue weighted by Crippen LogP contribution is -2.17. The predicted molar refractivity (Wildman–Crippen MR) is 102 cm³/mol. The van der Waals surface area contributed by atoms with Crippen LogP contribution in [0.3, 0.4) is 0 Å². The number of pyridine rings is 1. The smallest absolute Gasteiger partial charge is 0.124 e. The highest BCUT2D eigenvalue weighted by Gasteiger charge is 2.06. The number of para-hydroxylation sites is 1. The van der Waals surface area contributed by atoms with Crippen molar-refractivity contribution in [1.82, 2.24) is 15.3 Å². The SMILES string of the molecule is Cc1nc(C)c(CCNCc2ccccc2OCc2cccnc2)s1. The number of nitrogens with one attached hydrogen (secondary N) is 1. The third-order valence-electron chi connectivity index (χ3n) is 3.93. The van der Waals surface area contributed by atoms with Gasteiger partial charge in [0.2, 0.25) is 0 Å². The number of rotatable bonds is 8. The zero-order valence-electron chi connectivity index (χ0n) is 14.7. The molecule has 0 saturated carbocycles. The van der Waals surface area contributed by atoms with E-state index in [1.54, 1.807) is 17.5 Å². The molecule has 2 aromatic heterocycles. The van der Waals surface area contributed by atoms with Crippen LogP contribution in [0.5, 0.6) is 5.75 Å². The molecule has 4 nitrogen and oxygen atoms in total. The second-order valence-corrected chi connectivity index (χ2v) is 7.21. The van der Waals surface area contributed by atoms with Crippen molar-refractivity contribution in [3.63, 3.8) is 0 Å². The molecule has 3 rings (SSSR count). The van der Waals surface area contributed by atoms with Crippen molar-refractivity contribution in [2.75, 3.05) is 6.54 Å². The highest BCUT2D eigenvalue weighted by atomic mass is 32.1. The summed E-state index contributed by atoms with van der Waals surface area (Å²) in [5, 5.41) is 4.65. The van der Waals surface area contributed by atoms with E-state index < -0.39 is 0 Å². The maximum absolute atomic E-state index is 5.97. The molecule has 0 aliphatic rings. The first-order chi connectivity index (χ1) is 12.2. The number of thiazole rings is 1. The molecule has 0 amide bonds. The van der Waals surface area contributed by atoms with E-state index in [4.69, 9.17) is 4.74 Å². The van der Waals surface area contributed by atoms with Gasteiger partial charge in [-0.25, -0.2) is 4.98 Å². The van der Waals surface area contributed by atoms with Gasteiger partial charge in [0.15, 0.2) is 0 Å². The maximum Gasteiger partial charge on any atom is 0.124 e. The van der Waals surface area contributed by atoms with E-state index in [9.17, 15) is 0 Å². The van der Waals surface area contributed by atoms with Crippen LogP contribution in [0.15, 0.2) is 48.8 Å². The van der Waals surface area contributed by atoms with E-state index >= 15 is 0 Å². The lowest BCUT2D eigenvalue weighted by atomic mass is 10.2. The fourth-order valence-corrected chi connectivity index (χ4v) is 3.60. The first kappa shape index (κ1) is 17.6. The molecule has 1 aromatic carbocycles. The van der Waals surface area contributed by atoms with E-state index in [1.807, 2.05) is 36.5 Å². The van der Waals surface area contributed by atoms with Crippen molar-refractivity contribution in [2.24, 2.45) is 0 Å². The van der Waals surface area contributed by atoms with E-state index in [0.29, 0.717) is 6.61 Å². The van der Waals surface area contributed by atoms with Gasteiger partial charge in [0, 0.05) is 41.5 Å². The molecule has 0 aliphatic heterocycles. The number of nitrogens with zero attached hydrogens (tertiary/aromatic N) is 2. The van der Waals surface area contributed by atoms with Crippen LogP contribution in [0.4, 0.5) is 0 Å². The third kappa shape index (κ3) is 5.11. The molecule has 5 heteroatoms. The molecule has 25 heavy (non-hydrogen) atoms. The number of benzene rings is 1. The summed E-state index contributed by atoms with van der Waals surface area (Å²) in [5.74, 6) is 0.920. The normalized spacial score (nSPS) is 10.8. The van der Waals surface area contributed by atoms with Crippen LogP contribution in [0.25, 0.3) is 0 Å². The number of aromatic nitrogens is 2. The quantitative estimate of drug-likeness (QED) is 0.620. The van der Waals surface area contributed by atoms with Crippen molar-refractivity contribution >= 4 is 11.3 Å². The Bertz CT molecular complexity index is 802. The lowest BCUT2D eigenvalue weighted by molar-refractivity contribution is 0.301. The highest BCUT2D eigenvalue weighted by molar-refractivity contribution is 7.11. The zero-order chi connectivity index (χ0) is 17.5. The second-order valence-electron chi connectivity index (χ2n) is 5.93. The van der Waals surface area contributed by atoms with Crippen LogP contribution < -0.4 is 10.1 Å². The molecule has 0 aliphatic carbocycles. The van der Waals surface area contributed by atoms with Gasteiger partial charge in [0.1, 0.15) is 12.4 Å². The second kappa shape index (κ2) is 8.74. The Balaban J connectivity index is 1.51. The van der Waals surface area contributed by atoms with E-state index in [2.05, 4.69) is 35.2 Å². The van der Waals surface area contributed by atoms with Crippen LogP contribution in [0.2, 0.25) is 0 Å². The standard InChI is InChI=1S/C20H23N3OS/c1-15-20(25-16(2)23-15)9-11-22-13-18-7-3-4-8-19(18)24-14-17-6-5-10-21-12-17/h3-8,10,12,22H,9,11,13-14H2,1-2H3. The Hall–Kier alpha value is -2.24. The van der Waals surface area contributed by atoms with E-state index in [-0.39, 0.29) is 0 Å². The summed E-state index contributed by atoms with van der Waals surface area (Å²) in [6.07, 6.45) is 4.62. The Labute approximate surface area is 152 Å². The molecule has 0 atom stereocenters. The number of aryl methyl sites for hydroxylation is 2. The molecule has 0 unspecified atom stereocenters. The van der Waals surface area contributed by atoms with Gasteiger partial charge in [-0.1, -0.05) is 24.3 Å². The van der Waals surface area contributed by atoms with Crippen molar-refractivity contribution in [2.45, 2.75) is 33.4 Å². The van der Waals surface area contributed by atoms with Crippen LogP contribution >= 0.6 is 11.3 Å². The zero-order valence-corrected chi connectivity index (χ0v) is 15.5. The molecular formula is C20H23N3OS. The summed E-state index contributed by atoms with van der Waals surface area (Å²) in [6, 6.07) is 12.1. The van der Waals surface area contributed by atoms with Crippen molar-refractivity contribution < 1.29 is 4.74 Å². The number of hydrogen-bond donors (Lipinski definition) is 1. The topological polar surface area (TPSA) is 47.0 Å². The van der Waals surface area contributed by atoms with Crippen LogP contribution in [-0.4, -0.2) is 16.5 Å². The Morgan fingerprint density at radius 2 is 2.00 bits per heavy atom. The van der Waals surface area contributed by atoms with Gasteiger partial charge in [0.25, 0.3) is 0 Å². The Kier molecular flexibility index (Phi) is 6.14. The largest absolute Gasteiger partial charge is 0.489 e. The van der Waals surface area contributed by atoms with Gasteiger partial charge in [-0.05, 0) is 32.4 Å². The van der Waals surface area contributed by atoms with Gasteiger partial charge in [-0.2, -0.15) is 0 Å². The van der Waals surface area contributed by atoms with Crippen LogP contribution in [0.1, 0.15) is 26.7 Å². The minimum Gasteiger partial charge on any atom is -0.489 e.